The van der Waals surface area contributed by atoms with E-state index in [1.165, 1.54) is 14.2 Å². The molecular weight excluding hydrogens is 724 g/mol. The number of aromatic amines is 1. The van der Waals surface area contributed by atoms with E-state index in [9.17, 15) is 63.5 Å². The van der Waals surface area contributed by atoms with E-state index in [1.54, 1.807) is 0 Å². The van der Waals surface area contributed by atoms with Crippen LogP contribution in [0.3, 0.4) is 0 Å². The summed E-state index contributed by atoms with van der Waals surface area (Å²) in [6, 6.07) is 2.51. The van der Waals surface area contributed by atoms with Gasteiger partial charge in [0, 0.05) is 44.4 Å². The van der Waals surface area contributed by atoms with Crippen LogP contribution in [-0.4, -0.2) is 88.8 Å². The van der Waals surface area contributed by atoms with E-state index in [2.05, 4.69) is 24.2 Å². The van der Waals surface area contributed by atoms with Gasteiger partial charge in [0.25, 0.3) is 5.56 Å². The maximum Gasteiger partial charge on any atom is 0.417 e. The summed E-state index contributed by atoms with van der Waals surface area (Å²) in [6.07, 6.45) is -8.69. The van der Waals surface area contributed by atoms with Crippen molar-refractivity contribution in [1.29, 1.82) is 0 Å². The summed E-state index contributed by atoms with van der Waals surface area (Å²) >= 11 is 0. The van der Waals surface area contributed by atoms with E-state index < -0.39 is 95.7 Å². The summed E-state index contributed by atoms with van der Waals surface area (Å²) < 4.78 is 117. The number of methoxy groups -OCH3 is 3. The molecule has 51 heavy (non-hydrogen) atoms. The zero-order valence-electron chi connectivity index (χ0n) is 27.1. The van der Waals surface area contributed by atoms with Crippen molar-refractivity contribution in [3.63, 3.8) is 0 Å². The number of rotatable bonds is 13. The fraction of sp³-hybridized carbons (Fsp3) is 0.367. The van der Waals surface area contributed by atoms with Crippen molar-refractivity contribution >= 4 is 56.5 Å². The fourth-order valence-electron chi connectivity index (χ4n) is 4.32. The number of aromatic nitrogens is 2. The Hall–Kier alpha value is -5.02. The average Bonchev–Trinajstić information content (AvgIpc) is 3.04. The molecule has 0 amide bonds. The van der Waals surface area contributed by atoms with Gasteiger partial charge in [-0.15, -0.1) is 0 Å². The normalized spacial score (nSPS) is 12.0. The van der Waals surface area contributed by atoms with E-state index in [-0.39, 0.29) is 37.9 Å². The number of carbonyl (C=O) groups is 4. The SMILES string of the molecule is COCCC(=O)c1cc(C(=O)OC)c(N=CC=O)cc1C(F)(F)F.COCCC(=O)c1cc2c(=O)n(CS(C)(=O)=O)c(=O)[nH]c2cc1C(F)(F)F. The first-order chi connectivity index (χ1) is 23.6. The summed E-state index contributed by atoms with van der Waals surface area (Å²) in [5.74, 6) is -3.69. The third kappa shape index (κ3) is 11.2. The summed E-state index contributed by atoms with van der Waals surface area (Å²) in [5.41, 5.74) is -7.55. The van der Waals surface area contributed by atoms with Crippen LogP contribution in [0.5, 0.6) is 0 Å². The minimum absolute atomic E-state index is 0.0747. The number of sulfone groups is 1. The fourth-order valence-corrected chi connectivity index (χ4v) is 5.02. The predicted molar refractivity (Wildman–Crippen MR) is 167 cm³/mol. The molecular formula is C30H29F6N3O11S. The van der Waals surface area contributed by atoms with Crippen LogP contribution >= 0.6 is 0 Å². The van der Waals surface area contributed by atoms with Crippen LogP contribution in [0.25, 0.3) is 10.9 Å². The van der Waals surface area contributed by atoms with Crippen LogP contribution < -0.4 is 11.2 Å². The second kappa shape index (κ2) is 17.3. The molecule has 3 rings (SSSR count). The first-order valence-corrected chi connectivity index (χ1v) is 16.1. The highest BCUT2D eigenvalue weighted by Gasteiger charge is 2.37. The minimum atomic E-state index is -4.91. The second-order valence-electron chi connectivity index (χ2n) is 10.3. The Morgan fingerprint density at radius 2 is 1.35 bits per heavy atom. The maximum absolute atomic E-state index is 13.3. The number of alkyl halides is 6. The Morgan fingerprint density at radius 3 is 1.80 bits per heavy atom. The van der Waals surface area contributed by atoms with E-state index >= 15 is 0 Å². The lowest BCUT2D eigenvalue weighted by Crippen LogP contribution is -2.37. The predicted octanol–water partition coefficient (Wildman–Crippen LogP) is 3.54. The number of nitrogens with zero attached hydrogens (tertiary/aromatic N) is 2. The number of nitrogens with one attached hydrogen (secondary N) is 1. The molecule has 3 aromatic rings. The molecule has 1 aromatic heterocycles. The molecule has 0 saturated carbocycles. The van der Waals surface area contributed by atoms with Crippen molar-refractivity contribution in [2.75, 3.05) is 40.8 Å². The van der Waals surface area contributed by atoms with Crippen LogP contribution in [0.4, 0.5) is 32.0 Å². The molecule has 2 aromatic carbocycles. The third-order valence-electron chi connectivity index (χ3n) is 6.58. The molecule has 0 atom stereocenters. The van der Waals surface area contributed by atoms with Gasteiger partial charge in [-0.25, -0.2) is 22.6 Å². The summed E-state index contributed by atoms with van der Waals surface area (Å²) in [7, 11) is -0.182. The monoisotopic (exact) mass is 753 g/mol. The van der Waals surface area contributed by atoms with Gasteiger partial charge in [-0.2, -0.15) is 26.3 Å². The van der Waals surface area contributed by atoms with Crippen molar-refractivity contribution in [3.8, 4) is 0 Å². The molecule has 0 aliphatic carbocycles. The molecule has 0 bridgehead atoms. The number of hydrogen-bond donors (Lipinski definition) is 1. The Balaban J connectivity index is 0.000000356. The number of ketones is 2. The zero-order chi connectivity index (χ0) is 38.9. The van der Waals surface area contributed by atoms with Crippen molar-refractivity contribution in [2.45, 2.75) is 31.1 Å². The van der Waals surface area contributed by atoms with Gasteiger partial charge in [0.2, 0.25) is 0 Å². The van der Waals surface area contributed by atoms with Crippen LogP contribution in [0.1, 0.15) is 55.0 Å². The van der Waals surface area contributed by atoms with Gasteiger partial charge in [0.15, 0.2) is 27.7 Å². The van der Waals surface area contributed by atoms with Gasteiger partial charge >= 0.3 is 24.0 Å². The van der Waals surface area contributed by atoms with Crippen molar-refractivity contribution in [2.24, 2.45) is 4.99 Å². The number of benzene rings is 2. The molecule has 1 heterocycles. The average molecular weight is 754 g/mol. The Kier molecular flexibility index (Phi) is 14.3. The number of carbonyl (C=O) groups excluding carboxylic acids is 4. The summed E-state index contributed by atoms with van der Waals surface area (Å²) in [4.78, 5) is 76.2. The molecule has 0 saturated heterocycles. The Morgan fingerprint density at radius 1 is 0.843 bits per heavy atom. The highest BCUT2D eigenvalue weighted by molar-refractivity contribution is 7.89. The largest absolute Gasteiger partial charge is 0.465 e. The van der Waals surface area contributed by atoms with Gasteiger partial charge in [0.1, 0.15) is 5.88 Å². The molecule has 1 N–H and O–H groups in total. The topological polar surface area (TPSA) is 197 Å². The number of ether oxygens (including phenoxy) is 3. The first kappa shape index (κ1) is 42.1. The second-order valence-corrected chi connectivity index (χ2v) is 12.4. The molecule has 0 fully saturated rings. The molecule has 0 aliphatic heterocycles. The van der Waals surface area contributed by atoms with Gasteiger partial charge in [-0.3, -0.25) is 24.2 Å². The minimum Gasteiger partial charge on any atom is -0.465 e. The quantitative estimate of drug-likeness (QED) is 0.0881. The Bertz CT molecular complexity index is 2070. The van der Waals surface area contributed by atoms with E-state index in [1.807, 2.05) is 0 Å². The molecule has 278 valence electrons. The summed E-state index contributed by atoms with van der Waals surface area (Å²) in [6.45, 7) is -0.202. The van der Waals surface area contributed by atoms with Crippen molar-refractivity contribution in [1.82, 2.24) is 9.55 Å². The van der Waals surface area contributed by atoms with Crippen LogP contribution in [-0.2, 0) is 47.1 Å². The number of halogens is 6. The third-order valence-corrected chi connectivity index (χ3v) is 7.30. The van der Waals surface area contributed by atoms with Gasteiger partial charge < -0.3 is 19.2 Å². The lowest BCUT2D eigenvalue weighted by atomic mass is 9.97. The number of aliphatic imine (C=N–C) groups is 1. The number of hydrogen-bond acceptors (Lipinski definition) is 12. The van der Waals surface area contributed by atoms with Gasteiger partial charge in [-0.05, 0) is 24.3 Å². The highest BCUT2D eigenvalue weighted by atomic mass is 32.2. The van der Waals surface area contributed by atoms with Crippen LogP contribution in [0.2, 0.25) is 0 Å². The van der Waals surface area contributed by atoms with Gasteiger partial charge in [-0.1, -0.05) is 0 Å². The van der Waals surface area contributed by atoms with Crippen molar-refractivity contribution in [3.05, 3.63) is 72.9 Å². The van der Waals surface area contributed by atoms with Crippen LogP contribution in [0.15, 0.2) is 38.8 Å². The molecule has 0 unspecified atom stereocenters. The van der Waals surface area contributed by atoms with E-state index in [0.29, 0.717) is 29.0 Å². The standard InChI is InChI=1S/C15H15F3N2O6S.C15H14F3NO5/c1-26-4-3-12(21)8-5-9-11(6-10(8)15(16,17)18)19-14(23)20(13(9)22)7-27(2,24)25;1-23-6-3-13(21)9-7-10(14(22)24-2)12(19-4-5-20)8-11(9)15(16,17)18/h5-6H,3-4,7H2,1-2H3,(H,19,23);4-5,7-8H,3,6H2,1-2H3. The molecule has 0 aliphatic rings. The first-order valence-electron chi connectivity index (χ1n) is 14.0. The lowest BCUT2D eigenvalue weighted by molar-refractivity contribution is -0.138. The van der Waals surface area contributed by atoms with Crippen LogP contribution in [0, 0.1) is 0 Å². The highest BCUT2D eigenvalue weighted by Crippen LogP contribution is 2.37. The number of fused-ring (bicyclic) bond motifs is 1. The molecule has 0 radical (unpaired) electrons. The molecule has 21 heteroatoms. The lowest BCUT2D eigenvalue weighted by Gasteiger charge is -2.15. The summed E-state index contributed by atoms with van der Waals surface area (Å²) in [5, 5.41) is -0.410. The van der Waals surface area contributed by atoms with Gasteiger partial charge in [0.05, 0.1) is 59.8 Å². The number of aldehydes is 1. The van der Waals surface area contributed by atoms with E-state index in [0.717, 1.165) is 19.4 Å². The van der Waals surface area contributed by atoms with Crippen molar-refractivity contribution < 1.29 is 68.1 Å². The molecule has 14 nitrogen and oxygen atoms in total. The number of esters is 1. The zero-order valence-corrected chi connectivity index (χ0v) is 27.9. The molecule has 0 spiro atoms. The number of Topliss-reactive ketones (excluding diaryl/α,β-unsaturated/α-hetero) is 2. The maximum atomic E-state index is 13.3. The smallest absolute Gasteiger partial charge is 0.417 e. The Labute approximate surface area is 283 Å². The number of H-pyrrole nitrogens is 1. The van der Waals surface area contributed by atoms with E-state index in [4.69, 9.17) is 0 Å².